The van der Waals surface area contributed by atoms with E-state index in [2.05, 4.69) is 9.88 Å². The average molecular weight is 540 g/mol. The number of aryl methyl sites for hydroxylation is 2. The Kier molecular flexibility index (Phi) is 14.4. The van der Waals surface area contributed by atoms with Gasteiger partial charge in [-0.1, -0.05) is 0 Å². The third-order valence-electron chi connectivity index (χ3n) is 5.33. The number of halogens is 2. The molecule has 11 nitrogen and oxygen atoms in total. The van der Waals surface area contributed by atoms with Gasteiger partial charge >= 0.3 is 5.97 Å². The lowest BCUT2D eigenvalue weighted by Gasteiger charge is -2.24. The highest BCUT2D eigenvalue weighted by Gasteiger charge is 2.29. The van der Waals surface area contributed by atoms with E-state index in [0.717, 1.165) is 35.6 Å². The number of carboxylic acid groups (broad SMARTS) is 1. The number of aliphatic carboxylic acids is 1. The van der Waals surface area contributed by atoms with Crippen molar-refractivity contribution in [1.29, 1.82) is 0 Å². The molecule has 0 saturated heterocycles. The number of hydrogen-bond acceptors (Lipinski definition) is 9. The molecule has 0 aliphatic rings. The summed E-state index contributed by atoms with van der Waals surface area (Å²) >= 11 is 11.7. The molecule has 13 heteroatoms. The quantitative estimate of drug-likeness (QED) is 0.157. The first-order chi connectivity index (χ1) is 16.6. The Labute approximate surface area is 213 Å². The second-order valence-corrected chi connectivity index (χ2v) is 8.61. The number of rotatable bonds is 14. The summed E-state index contributed by atoms with van der Waals surface area (Å²) in [5.41, 5.74) is 2.99. The van der Waals surface area contributed by atoms with Gasteiger partial charge in [0.1, 0.15) is 30.2 Å². The van der Waals surface area contributed by atoms with Crippen molar-refractivity contribution in [3.8, 4) is 0 Å². The van der Waals surface area contributed by atoms with E-state index in [1.54, 1.807) is 0 Å². The summed E-state index contributed by atoms with van der Waals surface area (Å²) < 4.78 is 2.02. The number of hydrogen-bond donors (Lipinski definition) is 7. The Morgan fingerprint density at radius 1 is 1.03 bits per heavy atom. The van der Waals surface area contributed by atoms with Crippen LogP contribution in [0.4, 0.5) is 5.69 Å². The maximum absolute atomic E-state index is 10.6. The zero-order chi connectivity index (χ0) is 26.5. The first kappa shape index (κ1) is 31.3. The number of fused-ring (bicyclic) bond motifs is 1. The Morgan fingerprint density at radius 2 is 1.57 bits per heavy atom. The summed E-state index contributed by atoms with van der Waals surface area (Å²) in [5, 5.41) is 60.9. The van der Waals surface area contributed by atoms with Crippen LogP contribution in [0.3, 0.4) is 0 Å². The van der Waals surface area contributed by atoms with Crippen LogP contribution in [0.5, 0.6) is 0 Å². The molecule has 0 saturated carbocycles. The van der Waals surface area contributed by atoms with Gasteiger partial charge in [-0.3, -0.25) is 4.79 Å². The normalized spacial score (nSPS) is 14.7. The molecule has 1 aromatic carbocycles. The summed E-state index contributed by atoms with van der Waals surface area (Å²) in [4.78, 5) is 17.4. The predicted octanol–water partition coefficient (Wildman–Crippen LogP) is -0.321. The summed E-state index contributed by atoms with van der Waals surface area (Å²) in [5.74, 6) is 1.21. The van der Waals surface area contributed by atoms with Crippen molar-refractivity contribution in [3.05, 3.63) is 24.0 Å². The number of alkyl halides is 2. The molecule has 0 amide bonds. The van der Waals surface area contributed by atoms with Crippen LogP contribution in [0.25, 0.3) is 11.0 Å². The van der Waals surface area contributed by atoms with E-state index in [1.807, 2.05) is 29.8 Å². The molecule has 2 aromatic rings. The van der Waals surface area contributed by atoms with Gasteiger partial charge in [0, 0.05) is 50.4 Å². The van der Waals surface area contributed by atoms with Crippen LogP contribution in [0.15, 0.2) is 18.2 Å². The molecule has 0 unspecified atom stereocenters. The average Bonchev–Trinajstić information content (AvgIpc) is 3.16. The Bertz CT molecular complexity index is 881. The maximum Gasteiger partial charge on any atom is 0.303 e. The molecule has 0 fully saturated rings. The number of imidazole rings is 1. The Balaban J connectivity index is 0.000000434. The number of aliphatic hydroxyl groups excluding tert-OH is 6. The highest BCUT2D eigenvalue weighted by Crippen LogP contribution is 2.23. The molecule has 35 heavy (non-hydrogen) atoms. The Morgan fingerprint density at radius 3 is 2.03 bits per heavy atom. The summed E-state index contributed by atoms with van der Waals surface area (Å²) in [6.45, 7) is 0.0168. The van der Waals surface area contributed by atoms with Crippen LogP contribution < -0.4 is 4.90 Å². The molecular weight excluding hydrogens is 505 g/mol. The molecule has 0 radical (unpaired) electrons. The lowest BCUT2D eigenvalue weighted by Crippen LogP contribution is -2.46. The van der Waals surface area contributed by atoms with Gasteiger partial charge in [-0.15, -0.1) is 23.2 Å². The largest absolute Gasteiger partial charge is 0.481 e. The van der Waals surface area contributed by atoms with Gasteiger partial charge in [-0.2, -0.15) is 0 Å². The standard InChI is InChI=1S/C16H21Cl2N3O2.C6H14O6/c1-20-14-6-5-12(21(9-7-17)10-8-18)11-13(14)19-15(20)3-2-4-16(22)23;7-1-3(9)5(11)6(12)4(10)2-8/h5-6,11H,2-4,7-10H2,1H3,(H,22,23);3-12H,1-2H2/t;3-,4-,5-,6-/m.1/s1. The van der Waals surface area contributed by atoms with Crippen LogP contribution >= 0.6 is 23.2 Å². The smallest absolute Gasteiger partial charge is 0.303 e. The fourth-order valence-electron chi connectivity index (χ4n) is 3.30. The lowest BCUT2D eigenvalue weighted by molar-refractivity contribution is -0.137. The molecule has 0 aliphatic heterocycles. The second-order valence-electron chi connectivity index (χ2n) is 7.85. The molecule has 0 spiro atoms. The molecule has 0 aliphatic carbocycles. The highest BCUT2D eigenvalue weighted by molar-refractivity contribution is 6.18. The second kappa shape index (κ2) is 16.1. The van der Waals surface area contributed by atoms with Crippen molar-refractivity contribution >= 4 is 45.9 Å². The molecule has 2 rings (SSSR count). The van der Waals surface area contributed by atoms with Crippen molar-refractivity contribution in [1.82, 2.24) is 9.55 Å². The minimum atomic E-state index is -1.67. The van der Waals surface area contributed by atoms with Gasteiger partial charge in [-0.05, 0) is 24.6 Å². The number of aromatic nitrogens is 2. The minimum absolute atomic E-state index is 0.160. The van der Waals surface area contributed by atoms with Crippen molar-refractivity contribution in [3.63, 3.8) is 0 Å². The third-order valence-corrected chi connectivity index (χ3v) is 5.67. The number of benzene rings is 1. The number of aliphatic hydroxyl groups is 6. The molecule has 1 heterocycles. The zero-order valence-corrected chi connectivity index (χ0v) is 21.1. The first-order valence-corrected chi connectivity index (χ1v) is 12.2. The maximum atomic E-state index is 10.6. The topological polar surface area (TPSA) is 180 Å². The van der Waals surface area contributed by atoms with Crippen molar-refractivity contribution in [2.75, 3.05) is 43.0 Å². The monoisotopic (exact) mass is 539 g/mol. The lowest BCUT2D eigenvalue weighted by atomic mass is 10.0. The summed E-state index contributed by atoms with van der Waals surface area (Å²) in [6, 6.07) is 6.12. The molecule has 7 N–H and O–H groups in total. The van der Waals surface area contributed by atoms with E-state index in [1.165, 1.54) is 0 Å². The van der Waals surface area contributed by atoms with Gasteiger partial charge in [-0.25, -0.2) is 4.98 Å². The summed E-state index contributed by atoms with van der Waals surface area (Å²) in [6.07, 6.45) is -4.99. The van der Waals surface area contributed by atoms with Gasteiger partial charge in [0.2, 0.25) is 0 Å². The van der Waals surface area contributed by atoms with Crippen LogP contribution in [-0.4, -0.2) is 114 Å². The molecule has 1 aromatic heterocycles. The third kappa shape index (κ3) is 9.70. The SMILES string of the molecule is Cn1c(CCCC(=O)O)nc2cc(N(CCCl)CCCl)ccc21.OC[C@@H](O)[C@@H](O)[C@H](O)[C@H](O)CO. The predicted molar refractivity (Wildman–Crippen MR) is 133 cm³/mol. The highest BCUT2D eigenvalue weighted by atomic mass is 35.5. The zero-order valence-electron chi connectivity index (χ0n) is 19.5. The number of carbonyl (C=O) groups is 1. The van der Waals surface area contributed by atoms with E-state index in [4.69, 9.17) is 58.9 Å². The van der Waals surface area contributed by atoms with Crippen LogP contribution in [0.1, 0.15) is 18.7 Å². The van der Waals surface area contributed by atoms with E-state index in [0.29, 0.717) is 24.6 Å². The van der Waals surface area contributed by atoms with Gasteiger partial charge in [0.15, 0.2) is 0 Å². The Hall–Kier alpha value is -1.70. The number of nitrogens with zero attached hydrogens (tertiary/aromatic N) is 3. The van der Waals surface area contributed by atoms with Gasteiger partial charge in [0.25, 0.3) is 0 Å². The number of carboxylic acids is 1. The molecular formula is C22H35Cl2N3O8. The van der Waals surface area contributed by atoms with E-state index >= 15 is 0 Å². The van der Waals surface area contributed by atoms with Crippen LogP contribution in [0, 0.1) is 0 Å². The van der Waals surface area contributed by atoms with Crippen LogP contribution in [0.2, 0.25) is 0 Å². The summed E-state index contributed by atoms with van der Waals surface area (Å²) in [7, 11) is 1.96. The van der Waals surface area contributed by atoms with Crippen molar-refractivity contribution < 1.29 is 40.5 Å². The van der Waals surface area contributed by atoms with Gasteiger partial charge < -0.3 is 45.2 Å². The van der Waals surface area contributed by atoms with E-state index in [-0.39, 0.29) is 6.42 Å². The van der Waals surface area contributed by atoms with Crippen molar-refractivity contribution in [2.24, 2.45) is 7.05 Å². The fourth-order valence-corrected chi connectivity index (χ4v) is 3.71. The van der Waals surface area contributed by atoms with Crippen LogP contribution in [-0.2, 0) is 18.3 Å². The number of anilines is 1. The van der Waals surface area contributed by atoms with E-state index in [9.17, 15) is 4.79 Å². The molecule has 200 valence electrons. The van der Waals surface area contributed by atoms with Gasteiger partial charge in [0.05, 0.1) is 24.2 Å². The first-order valence-electron chi connectivity index (χ1n) is 11.1. The molecule has 0 bridgehead atoms. The fraction of sp³-hybridized carbons (Fsp3) is 0.636. The minimum Gasteiger partial charge on any atom is -0.481 e. The van der Waals surface area contributed by atoms with E-state index < -0.39 is 43.6 Å². The van der Waals surface area contributed by atoms with Crippen molar-refractivity contribution in [2.45, 2.75) is 43.7 Å². The molecule has 4 atom stereocenters.